The summed E-state index contributed by atoms with van der Waals surface area (Å²) in [5, 5.41) is 14.6. The SMILES string of the molecule is CCOC(=O)c1ccnc2c1c(-c1ccc(CO)cc1)nn2C(C)C. The fourth-order valence-corrected chi connectivity index (χ4v) is 2.77. The smallest absolute Gasteiger partial charge is 0.339 e. The van der Waals surface area contributed by atoms with Crippen molar-refractivity contribution in [2.24, 2.45) is 0 Å². The van der Waals surface area contributed by atoms with Gasteiger partial charge >= 0.3 is 5.97 Å². The Morgan fingerprint density at radius 3 is 2.56 bits per heavy atom. The van der Waals surface area contributed by atoms with Crippen molar-refractivity contribution in [1.29, 1.82) is 0 Å². The first-order valence-corrected chi connectivity index (χ1v) is 8.31. The second kappa shape index (κ2) is 7.03. The number of fused-ring (bicyclic) bond motifs is 1. The van der Waals surface area contributed by atoms with E-state index >= 15 is 0 Å². The lowest BCUT2D eigenvalue weighted by Crippen LogP contribution is -2.07. The zero-order chi connectivity index (χ0) is 18.0. The van der Waals surface area contributed by atoms with Gasteiger partial charge in [0.1, 0.15) is 5.69 Å². The average molecular weight is 339 g/mol. The van der Waals surface area contributed by atoms with Gasteiger partial charge in [0.2, 0.25) is 0 Å². The molecular formula is C19H21N3O3. The Morgan fingerprint density at radius 2 is 1.96 bits per heavy atom. The Kier molecular flexibility index (Phi) is 4.81. The van der Waals surface area contributed by atoms with Gasteiger partial charge in [0.15, 0.2) is 5.65 Å². The summed E-state index contributed by atoms with van der Waals surface area (Å²) in [4.78, 5) is 16.8. The molecule has 25 heavy (non-hydrogen) atoms. The molecule has 6 nitrogen and oxygen atoms in total. The predicted molar refractivity (Wildman–Crippen MR) is 95.2 cm³/mol. The quantitative estimate of drug-likeness (QED) is 0.721. The summed E-state index contributed by atoms with van der Waals surface area (Å²) in [5.41, 5.74) is 3.48. The van der Waals surface area contributed by atoms with Crippen LogP contribution in [-0.4, -0.2) is 32.4 Å². The van der Waals surface area contributed by atoms with Gasteiger partial charge in [-0.2, -0.15) is 5.10 Å². The van der Waals surface area contributed by atoms with Crippen molar-refractivity contribution in [2.45, 2.75) is 33.4 Å². The van der Waals surface area contributed by atoms with E-state index in [4.69, 9.17) is 9.84 Å². The van der Waals surface area contributed by atoms with Crippen molar-refractivity contribution < 1.29 is 14.6 Å². The third-order valence-corrected chi connectivity index (χ3v) is 3.99. The average Bonchev–Trinajstić information content (AvgIpc) is 3.02. The maximum Gasteiger partial charge on any atom is 0.339 e. The van der Waals surface area contributed by atoms with Crippen molar-refractivity contribution in [3.05, 3.63) is 47.7 Å². The molecule has 0 fully saturated rings. The number of aliphatic hydroxyl groups excluding tert-OH is 1. The van der Waals surface area contributed by atoms with Crippen LogP contribution in [0.1, 0.15) is 42.7 Å². The molecule has 0 aliphatic carbocycles. The van der Waals surface area contributed by atoms with Crippen molar-refractivity contribution in [1.82, 2.24) is 14.8 Å². The Bertz CT molecular complexity index is 898. The van der Waals surface area contributed by atoms with E-state index in [9.17, 15) is 9.90 Å². The number of nitrogens with zero attached hydrogens (tertiary/aromatic N) is 3. The van der Waals surface area contributed by atoms with Gasteiger partial charge in [0.05, 0.1) is 24.2 Å². The minimum atomic E-state index is -0.383. The third-order valence-electron chi connectivity index (χ3n) is 3.99. The summed E-state index contributed by atoms with van der Waals surface area (Å²) in [6.45, 7) is 6.11. The van der Waals surface area contributed by atoms with Crippen LogP contribution in [0.25, 0.3) is 22.3 Å². The fraction of sp³-hybridized carbons (Fsp3) is 0.316. The number of carbonyl (C=O) groups is 1. The molecule has 0 aliphatic rings. The van der Waals surface area contributed by atoms with Crippen LogP contribution >= 0.6 is 0 Å². The van der Waals surface area contributed by atoms with Gasteiger partial charge in [-0.3, -0.25) is 0 Å². The van der Waals surface area contributed by atoms with E-state index in [0.29, 0.717) is 28.9 Å². The maximum absolute atomic E-state index is 12.4. The molecule has 3 aromatic rings. The molecule has 1 aromatic carbocycles. The molecule has 0 radical (unpaired) electrons. The Labute approximate surface area is 146 Å². The molecule has 0 saturated carbocycles. The molecule has 0 atom stereocenters. The molecule has 2 heterocycles. The van der Waals surface area contributed by atoms with Gasteiger partial charge in [-0.25, -0.2) is 14.5 Å². The summed E-state index contributed by atoms with van der Waals surface area (Å²) in [6.07, 6.45) is 1.60. The monoisotopic (exact) mass is 339 g/mol. The van der Waals surface area contributed by atoms with E-state index in [1.54, 1.807) is 19.2 Å². The van der Waals surface area contributed by atoms with Gasteiger partial charge in [0, 0.05) is 17.8 Å². The van der Waals surface area contributed by atoms with E-state index in [-0.39, 0.29) is 18.6 Å². The first-order chi connectivity index (χ1) is 12.1. The van der Waals surface area contributed by atoms with Crippen LogP contribution in [0, 0.1) is 0 Å². The third kappa shape index (κ3) is 3.13. The first-order valence-electron chi connectivity index (χ1n) is 8.31. The molecule has 130 valence electrons. The molecule has 3 rings (SSSR count). The summed E-state index contributed by atoms with van der Waals surface area (Å²) in [5.74, 6) is -0.383. The van der Waals surface area contributed by atoms with Gasteiger partial charge in [-0.05, 0) is 32.4 Å². The molecule has 0 bridgehead atoms. The largest absolute Gasteiger partial charge is 0.462 e. The Hall–Kier alpha value is -2.73. The van der Waals surface area contributed by atoms with Crippen LogP contribution < -0.4 is 0 Å². The number of benzene rings is 1. The molecule has 0 spiro atoms. The molecule has 0 amide bonds. The minimum Gasteiger partial charge on any atom is -0.462 e. The molecule has 0 aliphatic heterocycles. The van der Waals surface area contributed by atoms with Crippen LogP contribution in [0.15, 0.2) is 36.5 Å². The van der Waals surface area contributed by atoms with E-state index in [2.05, 4.69) is 4.98 Å². The van der Waals surface area contributed by atoms with Gasteiger partial charge < -0.3 is 9.84 Å². The molecule has 0 unspecified atom stereocenters. The Morgan fingerprint density at radius 1 is 1.24 bits per heavy atom. The van der Waals surface area contributed by atoms with Crippen LogP contribution in [0.4, 0.5) is 0 Å². The number of hydrogen-bond acceptors (Lipinski definition) is 5. The number of rotatable bonds is 5. The number of aromatic nitrogens is 3. The van der Waals surface area contributed by atoms with Gasteiger partial charge in [-0.15, -0.1) is 0 Å². The van der Waals surface area contributed by atoms with Crippen LogP contribution in [-0.2, 0) is 11.3 Å². The lowest BCUT2D eigenvalue weighted by Gasteiger charge is -2.06. The highest BCUT2D eigenvalue weighted by Crippen LogP contribution is 2.31. The normalized spacial score (nSPS) is 11.2. The number of hydrogen-bond donors (Lipinski definition) is 1. The molecule has 6 heteroatoms. The van der Waals surface area contributed by atoms with Gasteiger partial charge in [0.25, 0.3) is 0 Å². The molecule has 1 N–H and O–H groups in total. The molecule has 0 saturated heterocycles. The zero-order valence-electron chi connectivity index (χ0n) is 14.6. The van der Waals surface area contributed by atoms with Gasteiger partial charge in [-0.1, -0.05) is 24.3 Å². The first kappa shape index (κ1) is 17.1. The lowest BCUT2D eigenvalue weighted by molar-refractivity contribution is 0.0528. The highest BCUT2D eigenvalue weighted by molar-refractivity contribution is 6.08. The number of carbonyl (C=O) groups excluding carboxylic acids is 1. The maximum atomic E-state index is 12.4. The summed E-state index contributed by atoms with van der Waals surface area (Å²) >= 11 is 0. The van der Waals surface area contributed by atoms with Crippen LogP contribution in [0.5, 0.6) is 0 Å². The second-order valence-electron chi connectivity index (χ2n) is 6.02. The molecular weight excluding hydrogens is 318 g/mol. The topological polar surface area (TPSA) is 77.2 Å². The number of aliphatic hydroxyl groups is 1. The van der Waals surface area contributed by atoms with Crippen molar-refractivity contribution in [3.8, 4) is 11.3 Å². The van der Waals surface area contributed by atoms with E-state index in [1.807, 2.05) is 42.8 Å². The van der Waals surface area contributed by atoms with E-state index < -0.39 is 0 Å². The standard InChI is InChI=1S/C19H21N3O3/c1-4-25-19(24)15-9-10-20-18-16(15)17(21-22(18)12(2)3)14-7-5-13(11-23)6-8-14/h5-10,12,23H,4,11H2,1-3H3. The number of esters is 1. The van der Waals surface area contributed by atoms with Crippen molar-refractivity contribution >= 4 is 17.0 Å². The summed E-state index contributed by atoms with van der Waals surface area (Å²) in [7, 11) is 0. The van der Waals surface area contributed by atoms with Crippen molar-refractivity contribution in [3.63, 3.8) is 0 Å². The zero-order valence-corrected chi connectivity index (χ0v) is 14.6. The van der Waals surface area contributed by atoms with E-state index in [0.717, 1.165) is 11.1 Å². The fourth-order valence-electron chi connectivity index (χ4n) is 2.77. The molecule has 2 aromatic heterocycles. The highest BCUT2D eigenvalue weighted by Gasteiger charge is 2.22. The highest BCUT2D eigenvalue weighted by atomic mass is 16.5. The van der Waals surface area contributed by atoms with E-state index in [1.165, 1.54) is 0 Å². The summed E-state index contributed by atoms with van der Waals surface area (Å²) < 4.78 is 7.01. The van der Waals surface area contributed by atoms with Crippen LogP contribution in [0.3, 0.4) is 0 Å². The summed E-state index contributed by atoms with van der Waals surface area (Å²) in [6, 6.07) is 9.22. The lowest BCUT2D eigenvalue weighted by atomic mass is 10.0. The minimum absolute atomic E-state index is 0.0168. The van der Waals surface area contributed by atoms with Crippen LogP contribution in [0.2, 0.25) is 0 Å². The Balaban J connectivity index is 2.27. The predicted octanol–water partition coefficient (Wildman–Crippen LogP) is 3.35. The van der Waals surface area contributed by atoms with Crippen molar-refractivity contribution in [2.75, 3.05) is 6.61 Å². The number of pyridine rings is 1. The second-order valence-corrected chi connectivity index (χ2v) is 6.02. The number of ether oxygens (including phenoxy) is 1.